The van der Waals surface area contributed by atoms with Crippen molar-refractivity contribution in [3.63, 3.8) is 0 Å². The Morgan fingerprint density at radius 3 is 1.04 bits per heavy atom. The number of hydrogen-bond donors (Lipinski definition) is 2. The summed E-state index contributed by atoms with van der Waals surface area (Å²) in [6.07, 6.45) is 85.2. The summed E-state index contributed by atoms with van der Waals surface area (Å²) < 4.78 is 23.5. The molecule has 0 aromatic heterocycles. The summed E-state index contributed by atoms with van der Waals surface area (Å²) in [4.78, 5) is 25.6. The number of carbonyl (C=O) groups excluding carboxylic acids is 1. The van der Waals surface area contributed by atoms with Crippen molar-refractivity contribution in [2.75, 3.05) is 40.9 Å². The Bertz CT molecular complexity index is 1460. The van der Waals surface area contributed by atoms with E-state index in [0.717, 1.165) is 51.4 Å². The lowest BCUT2D eigenvalue weighted by Crippen LogP contribution is -2.45. The van der Waals surface area contributed by atoms with Gasteiger partial charge in [0.25, 0.3) is 7.82 Å². The molecule has 0 aromatic rings. The first-order valence-corrected chi connectivity index (χ1v) is 37.0. The number of aliphatic hydroxyl groups excluding tert-OH is 1. The first-order chi connectivity index (χ1) is 39.5. The first kappa shape index (κ1) is 79.5. The number of amides is 1. The highest BCUT2D eigenvalue weighted by atomic mass is 31.2. The van der Waals surface area contributed by atoms with Crippen molar-refractivity contribution in [3.05, 3.63) is 48.6 Å². The normalized spacial score (nSPS) is 13.9. The van der Waals surface area contributed by atoms with Gasteiger partial charge in [0.15, 0.2) is 0 Å². The number of likely N-dealkylation sites (N-methyl/N-ethyl adjacent to an activating group) is 1. The molecule has 0 aliphatic carbocycles. The van der Waals surface area contributed by atoms with E-state index in [1.807, 2.05) is 27.2 Å². The van der Waals surface area contributed by atoms with Gasteiger partial charge in [0.2, 0.25) is 5.91 Å². The van der Waals surface area contributed by atoms with Crippen molar-refractivity contribution < 1.29 is 32.9 Å². The van der Waals surface area contributed by atoms with E-state index in [2.05, 4.69) is 55.6 Å². The summed E-state index contributed by atoms with van der Waals surface area (Å²) in [5, 5.41) is 14.0. The fourth-order valence-corrected chi connectivity index (χ4v) is 11.5. The summed E-state index contributed by atoms with van der Waals surface area (Å²) >= 11 is 0. The number of nitrogens with zero attached hydrogens (tertiary/aromatic N) is 1. The molecule has 0 fully saturated rings. The minimum atomic E-state index is -4.60. The zero-order chi connectivity index (χ0) is 59.1. The van der Waals surface area contributed by atoms with E-state index < -0.39 is 20.0 Å². The van der Waals surface area contributed by atoms with Crippen LogP contribution in [-0.4, -0.2) is 68.5 Å². The van der Waals surface area contributed by atoms with Crippen LogP contribution in [-0.2, 0) is 18.4 Å². The van der Waals surface area contributed by atoms with Gasteiger partial charge in [-0.15, -0.1) is 0 Å². The smallest absolute Gasteiger partial charge is 0.268 e. The molecule has 0 radical (unpaired) electrons. The van der Waals surface area contributed by atoms with E-state index >= 15 is 0 Å². The second-order valence-corrected chi connectivity index (χ2v) is 27.0. The summed E-state index contributed by atoms with van der Waals surface area (Å²) in [7, 11) is 1.27. The van der Waals surface area contributed by atoms with Crippen LogP contribution in [0.25, 0.3) is 0 Å². The van der Waals surface area contributed by atoms with Gasteiger partial charge in [-0.2, -0.15) is 0 Å². The third kappa shape index (κ3) is 65.9. The highest BCUT2D eigenvalue weighted by Gasteiger charge is 2.23. The Morgan fingerprint density at radius 1 is 0.432 bits per heavy atom. The topological polar surface area (TPSA) is 108 Å². The highest BCUT2D eigenvalue weighted by Crippen LogP contribution is 2.38. The molecular formula is C72H139N2O6P. The van der Waals surface area contributed by atoms with Gasteiger partial charge in [-0.1, -0.05) is 339 Å². The quantitative estimate of drug-likeness (QED) is 0.0272. The Hall–Kier alpha value is -1.54. The maximum Gasteiger partial charge on any atom is 0.268 e. The fraction of sp³-hybridized carbons (Fsp3) is 0.875. The average molecular weight is 1160 g/mol. The lowest BCUT2D eigenvalue weighted by Gasteiger charge is -2.29. The van der Waals surface area contributed by atoms with E-state index in [9.17, 15) is 19.4 Å². The van der Waals surface area contributed by atoms with Gasteiger partial charge >= 0.3 is 0 Å². The molecular weight excluding hydrogens is 1020 g/mol. The van der Waals surface area contributed by atoms with E-state index in [4.69, 9.17) is 9.05 Å². The Balaban J connectivity index is 4.06. The average Bonchev–Trinajstić information content (AvgIpc) is 3.43. The minimum absolute atomic E-state index is 0.000224. The van der Waals surface area contributed by atoms with Crippen LogP contribution in [0.3, 0.4) is 0 Å². The van der Waals surface area contributed by atoms with Gasteiger partial charge in [0.05, 0.1) is 39.9 Å². The third-order valence-corrected chi connectivity index (χ3v) is 17.2. The lowest BCUT2D eigenvalue weighted by molar-refractivity contribution is -0.870. The molecule has 1 amide bonds. The summed E-state index contributed by atoms with van der Waals surface area (Å²) in [6, 6.07) is -0.889. The maximum atomic E-state index is 13.0. The van der Waals surface area contributed by atoms with Gasteiger partial charge in [0, 0.05) is 6.42 Å². The number of quaternary nitrogens is 1. The van der Waals surface area contributed by atoms with Crippen LogP contribution in [0.5, 0.6) is 0 Å². The van der Waals surface area contributed by atoms with E-state index in [0.29, 0.717) is 17.4 Å². The molecule has 8 nitrogen and oxygen atoms in total. The maximum absolute atomic E-state index is 13.0. The predicted molar refractivity (Wildman–Crippen MR) is 353 cm³/mol. The standard InChI is InChI=1S/C72H139N2O6P/c1-6-8-10-12-14-16-18-20-22-24-26-28-30-32-34-36-37-38-40-42-44-46-48-50-52-54-56-58-60-62-64-66-72(76)73-70(69-80-81(77,78)79-68-67-74(3,4)5)71(75)65-63-61-59-57-55-53-51-49-47-45-43-41-39-35-33-31-29-27-25-23-21-19-17-15-13-11-9-7-2/h18,20,24,26,30,32,63,65,70-71,75H,6-17,19,21-23,25,27-29,31,33-62,64,66-69H2,1-5H3,(H-,73,76,77,78)/b20-18-,26-24-,32-30-,65-63+. The molecule has 478 valence electrons. The van der Waals surface area contributed by atoms with Crippen LogP contribution in [0, 0.1) is 0 Å². The predicted octanol–water partition coefficient (Wildman–Crippen LogP) is 22.0. The lowest BCUT2D eigenvalue weighted by atomic mass is 10.0. The van der Waals surface area contributed by atoms with E-state index in [1.54, 1.807) is 6.08 Å². The van der Waals surface area contributed by atoms with Crippen molar-refractivity contribution >= 4 is 13.7 Å². The summed E-state index contributed by atoms with van der Waals surface area (Å²) in [6.45, 7) is 4.69. The fourth-order valence-electron chi connectivity index (χ4n) is 10.8. The van der Waals surface area contributed by atoms with Crippen LogP contribution in [0.1, 0.15) is 354 Å². The number of unbranched alkanes of at least 4 members (excludes halogenated alkanes) is 47. The largest absolute Gasteiger partial charge is 0.756 e. The molecule has 9 heteroatoms. The molecule has 81 heavy (non-hydrogen) atoms. The molecule has 3 unspecified atom stereocenters. The van der Waals surface area contributed by atoms with Gasteiger partial charge in [0.1, 0.15) is 13.2 Å². The summed E-state index contributed by atoms with van der Waals surface area (Å²) in [5.41, 5.74) is 0. The van der Waals surface area contributed by atoms with Crippen molar-refractivity contribution in [1.82, 2.24) is 5.32 Å². The van der Waals surface area contributed by atoms with Crippen molar-refractivity contribution in [2.45, 2.75) is 366 Å². The molecule has 0 saturated heterocycles. The van der Waals surface area contributed by atoms with Crippen LogP contribution >= 0.6 is 7.82 Å². The molecule has 3 atom stereocenters. The number of rotatable bonds is 66. The zero-order valence-electron chi connectivity index (χ0n) is 54.8. The summed E-state index contributed by atoms with van der Waals surface area (Å²) in [5.74, 6) is -0.192. The molecule has 0 heterocycles. The number of carbonyl (C=O) groups is 1. The first-order valence-electron chi connectivity index (χ1n) is 35.5. The van der Waals surface area contributed by atoms with Gasteiger partial charge in [-0.25, -0.2) is 0 Å². The molecule has 0 aliphatic heterocycles. The van der Waals surface area contributed by atoms with Crippen LogP contribution < -0.4 is 10.2 Å². The van der Waals surface area contributed by atoms with Gasteiger partial charge in [-0.3, -0.25) is 9.36 Å². The Morgan fingerprint density at radius 2 is 0.716 bits per heavy atom. The number of phosphoric ester groups is 1. The Labute approximate surface area is 505 Å². The monoisotopic (exact) mass is 1160 g/mol. The number of phosphoric acid groups is 1. The molecule has 0 rings (SSSR count). The minimum Gasteiger partial charge on any atom is -0.756 e. The third-order valence-electron chi connectivity index (χ3n) is 16.3. The second kappa shape index (κ2) is 63.0. The van der Waals surface area contributed by atoms with Gasteiger partial charge in [-0.05, 0) is 57.8 Å². The van der Waals surface area contributed by atoms with Crippen LogP contribution in [0.2, 0.25) is 0 Å². The number of nitrogens with one attached hydrogen (secondary N) is 1. The Kier molecular flexibility index (Phi) is 61.8. The molecule has 0 spiro atoms. The zero-order valence-corrected chi connectivity index (χ0v) is 55.6. The van der Waals surface area contributed by atoms with Crippen molar-refractivity contribution in [2.24, 2.45) is 0 Å². The molecule has 2 N–H and O–H groups in total. The van der Waals surface area contributed by atoms with Crippen molar-refractivity contribution in [1.29, 1.82) is 0 Å². The van der Waals surface area contributed by atoms with E-state index in [-0.39, 0.29) is 19.1 Å². The SMILES string of the molecule is CCCCCCC/C=C\C/C=C\C/C=C\CCCCCCCCCCCCCCCCCCC(=O)NC(COP(=O)([O-])OCC[N+](C)(C)C)C(O)/C=C/CCCCCCCCCCCCCCCCCCCCCCCCCCCC. The highest BCUT2D eigenvalue weighted by molar-refractivity contribution is 7.45. The molecule has 0 bridgehead atoms. The van der Waals surface area contributed by atoms with Crippen LogP contribution in [0.15, 0.2) is 48.6 Å². The number of allylic oxidation sites excluding steroid dienone is 7. The molecule has 0 aliphatic rings. The number of hydrogen-bond acceptors (Lipinski definition) is 6. The number of aliphatic hydroxyl groups is 1. The second-order valence-electron chi connectivity index (χ2n) is 25.6. The van der Waals surface area contributed by atoms with E-state index in [1.165, 1.54) is 283 Å². The molecule has 0 aromatic carbocycles. The van der Waals surface area contributed by atoms with Crippen LogP contribution in [0.4, 0.5) is 0 Å². The van der Waals surface area contributed by atoms with Gasteiger partial charge < -0.3 is 28.8 Å². The van der Waals surface area contributed by atoms with Crippen molar-refractivity contribution in [3.8, 4) is 0 Å². The molecule has 0 saturated carbocycles.